The summed E-state index contributed by atoms with van der Waals surface area (Å²) >= 11 is 0. The monoisotopic (exact) mass is 245 g/mol. The zero-order valence-corrected chi connectivity index (χ0v) is 10.2. The molecule has 0 amide bonds. The molecule has 0 aliphatic heterocycles. The van der Waals surface area contributed by atoms with Crippen molar-refractivity contribution >= 4 is 9.84 Å². The van der Waals surface area contributed by atoms with E-state index in [4.69, 9.17) is 5.73 Å². The van der Waals surface area contributed by atoms with Crippen LogP contribution < -0.4 is 5.73 Å². The van der Waals surface area contributed by atoms with Gasteiger partial charge in [-0.05, 0) is 25.0 Å². The van der Waals surface area contributed by atoms with Gasteiger partial charge < -0.3 is 5.73 Å². The average molecular weight is 245 g/mol. The van der Waals surface area contributed by atoms with Crippen molar-refractivity contribution in [3.8, 4) is 0 Å². The lowest BCUT2D eigenvalue weighted by atomic mass is 10.0. The second kappa shape index (κ2) is 4.93. The van der Waals surface area contributed by atoms with Crippen molar-refractivity contribution in [2.75, 3.05) is 6.26 Å². The van der Waals surface area contributed by atoms with Gasteiger partial charge in [0.2, 0.25) is 0 Å². The number of benzene rings is 1. The number of hydrogen-bond donors (Lipinski definition) is 1. The molecule has 0 aliphatic rings. The molecule has 0 aromatic heterocycles. The van der Waals surface area contributed by atoms with Crippen molar-refractivity contribution in [3.63, 3.8) is 0 Å². The highest BCUT2D eigenvalue weighted by Gasteiger charge is 2.23. The summed E-state index contributed by atoms with van der Waals surface area (Å²) in [5.41, 5.74) is 6.21. The normalized spacial score (nSPS) is 15.8. The third-order valence-electron chi connectivity index (χ3n) is 2.69. The minimum absolute atomic E-state index is 0.223. The van der Waals surface area contributed by atoms with E-state index in [2.05, 4.69) is 0 Å². The number of nitrogens with two attached hydrogens (primary N) is 1. The van der Waals surface area contributed by atoms with Crippen LogP contribution in [0.1, 0.15) is 12.5 Å². The SMILES string of the molecule is CC(C(N)Cc1ccccc1F)S(C)(=O)=O. The Morgan fingerprint density at radius 1 is 1.38 bits per heavy atom. The van der Waals surface area contributed by atoms with Crippen LogP contribution in [0.5, 0.6) is 0 Å². The quantitative estimate of drug-likeness (QED) is 0.865. The highest BCUT2D eigenvalue weighted by Crippen LogP contribution is 2.12. The molecule has 16 heavy (non-hydrogen) atoms. The molecule has 1 aromatic rings. The van der Waals surface area contributed by atoms with Crippen LogP contribution in [0.4, 0.5) is 4.39 Å². The van der Waals surface area contributed by atoms with Crippen LogP contribution in [0.3, 0.4) is 0 Å². The van der Waals surface area contributed by atoms with Crippen LogP contribution in [0.2, 0.25) is 0 Å². The number of sulfone groups is 1. The van der Waals surface area contributed by atoms with Gasteiger partial charge >= 0.3 is 0 Å². The molecule has 0 saturated carbocycles. The fourth-order valence-corrected chi connectivity index (χ4v) is 2.13. The number of rotatable bonds is 4. The third-order valence-corrected chi connectivity index (χ3v) is 4.39. The first kappa shape index (κ1) is 13.1. The molecular formula is C11H16FNO2S. The second-order valence-electron chi connectivity index (χ2n) is 3.99. The Balaban J connectivity index is 2.80. The Bertz CT molecular complexity index is 459. The van der Waals surface area contributed by atoms with Gasteiger partial charge in [0, 0.05) is 12.3 Å². The molecule has 0 heterocycles. The Labute approximate surface area is 95.4 Å². The summed E-state index contributed by atoms with van der Waals surface area (Å²) in [5.74, 6) is -0.348. The van der Waals surface area contributed by atoms with Crippen molar-refractivity contribution < 1.29 is 12.8 Å². The average Bonchev–Trinajstić information content (AvgIpc) is 2.19. The molecule has 3 nitrogen and oxygen atoms in total. The van der Waals surface area contributed by atoms with E-state index < -0.39 is 21.1 Å². The molecule has 0 spiro atoms. The maximum Gasteiger partial charge on any atom is 0.151 e. The molecule has 0 radical (unpaired) electrons. The Kier molecular flexibility index (Phi) is 4.04. The van der Waals surface area contributed by atoms with E-state index in [-0.39, 0.29) is 12.2 Å². The number of halogens is 1. The van der Waals surface area contributed by atoms with E-state index in [9.17, 15) is 12.8 Å². The van der Waals surface area contributed by atoms with Crippen molar-refractivity contribution in [1.82, 2.24) is 0 Å². The molecule has 0 aliphatic carbocycles. The highest BCUT2D eigenvalue weighted by atomic mass is 32.2. The minimum atomic E-state index is -3.18. The molecular weight excluding hydrogens is 229 g/mol. The Morgan fingerprint density at radius 2 is 1.94 bits per heavy atom. The second-order valence-corrected chi connectivity index (χ2v) is 6.40. The van der Waals surface area contributed by atoms with Crippen LogP contribution in [-0.2, 0) is 16.3 Å². The van der Waals surface area contributed by atoms with Crippen molar-refractivity contribution in [2.45, 2.75) is 24.6 Å². The molecule has 1 rings (SSSR count). The largest absolute Gasteiger partial charge is 0.326 e. The van der Waals surface area contributed by atoms with Gasteiger partial charge in [-0.1, -0.05) is 18.2 Å². The van der Waals surface area contributed by atoms with Gasteiger partial charge in [0.25, 0.3) is 0 Å². The van der Waals surface area contributed by atoms with Gasteiger partial charge in [0.05, 0.1) is 5.25 Å². The first-order valence-electron chi connectivity index (χ1n) is 5.00. The molecule has 1 aromatic carbocycles. The first-order valence-corrected chi connectivity index (χ1v) is 6.95. The van der Waals surface area contributed by atoms with Crippen molar-refractivity contribution in [1.29, 1.82) is 0 Å². The predicted molar refractivity (Wildman–Crippen MR) is 62.4 cm³/mol. The summed E-state index contributed by atoms with van der Waals surface area (Å²) in [7, 11) is -3.18. The minimum Gasteiger partial charge on any atom is -0.326 e. The van der Waals surface area contributed by atoms with Gasteiger partial charge in [0.15, 0.2) is 9.84 Å². The molecule has 0 bridgehead atoms. The van der Waals surface area contributed by atoms with Gasteiger partial charge in [0.1, 0.15) is 5.82 Å². The summed E-state index contributed by atoms with van der Waals surface area (Å²) in [6.07, 6.45) is 1.36. The van der Waals surface area contributed by atoms with Crippen LogP contribution in [0, 0.1) is 5.82 Å². The van der Waals surface area contributed by atoms with E-state index in [0.717, 1.165) is 6.26 Å². The maximum atomic E-state index is 13.3. The van der Waals surface area contributed by atoms with Gasteiger partial charge in [-0.25, -0.2) is 12.8 Å². The molecule has 2 N–H and O–H groups in total. The Hall–Kier alpha value is -0.940. The standard InChI is InChI=1S/C11H16FNO2S/c1-8(16(2,14)15)11(13)7-9-5-3-4-6-10(9)12/h3-6,8,11H,7,13H2,1-2H3. The number of hydrogen-bond acceptors (Lipinski definition) is 3. The van der Waals surface area contributed by atoms with Crippen LogP contribution in [0.15, 0.2) is 24.3 Å². The van der Waals surface area contributed by atoms with Crippen molar-refractivity contribution in [3.05, 3.63) is 35.6 Å². The predicted octanol–water partition coefficient (Wildman–Crippen LogP) is 1.13. The molecule has 0 fully saturated rings. The van der Waals surface area contributed by atoms with Gasteiger partial charge in [-0.15, -0.1) is 0 Å². The summed E-state index contributed by atoms with van der Waals surface area (Å²) < 4.78 is 35.9. The van der Waals surface area contributed by atoms with E-state index >= 15 is 0 Å². The highest BCUT2D eigenvalue weighted by molar-refractivity contribution is 7.91. The van der Waals surface area contributed by atoms with E-state index in [1.165, 1.54) is 6.07 Å². The third kappa shape index (κ3) is 3.28. The molecule has 2 atom stereocenters. The molecule has 5 heteroatoms. The van der Waals surface area contributed by atoms with Crippen molar-refractivity contribution in [2.24, 2.45) is 5.73 Å². The summed E-state index contributed by atoms with van der Waals surface area (Å²) in [6, 6.07) is 5.66. The first-order chi connectivity index (χ1) is 7.32. The molecule has 90 valence electrons. The molecule has 0 saturated heterocycles. The topological polar surface area (TPSA) is 60.2 Å². The Morgan fingerprint density at radius 3 is 2.44 bits per heavy atom. The maximum absolute atomic E-state index is 13.3. The summed E-state index contributed by atoms with van der Waals surface area (Å²) in [5, 5.41) is -0.674. The smallest absolute Gasteiger partial charge is 0.151 e. The fraction of sp³-hybridized carbons (Fsp3) is 0.455. The summed E-state index contributed by atoms with van der Waals surface area (Å²) in [6.45, 7) is 1.54. The van der Waals surface area contributed by atoms with Crippen LogP contribution in [-0.4, -0.2) is 26.0 Å². The van der Waals surface area contributed by atoms with Gasteiger partial charge in [-0.3, -0.25) is 0 Å². The lowest BCUT2D eigenvalue weighted by Gasteiger charge is -2.18. The van der Waals surface area contributed by atoms with E-state index in [0.29, 0.717) is 5.56 Å². The van der Waals surface area contributed by atoms with Gasteiger partial charge in [-0.2, -0.15) is 0 Å². The summed E-state index contributed by atoms with van der Waals surface area (Å²) in [4.78, 5) is 0. The lowest BCUT2D eigenvalue weighted by molar-refractivity contribution is 0.549. The lowest BCUT2D eigenvalue weighted by Crippen LogP contribution is -2.39. The molecule has 2 unspecified atom stereocenters. The zero-order valence-electron chi connectivity index (χ0n) is 9.35. The fourth-order valence-electron chi connectivity index (χ4n) is 1.40. The van der Waals surface area contributed by atoms with Crippen LogP contribution in [0.25, 0.3) is 0 Å². The van der Waals surface area contributed by atoms with Crippen LogP contribution >= 0.6 is 0 Å². The zero-order chi connectivity index (χ0) is 12.3. The van der Waals surface area contributed by atoms with E-state index in [1.807, 2.05) is 0 Å². The van der Waals surface area contributed by atoms with E-state index in [1.54, 1.807) is 25.1 Å².